The van der Waals surface area contributed by atoms with E-state index in [-0.39, 0.29) is 11.6 Å². The number of benzene rings is 1. The first-order valence-electron chi connectivity index (χ1n) is 6.82. The van der Waals surface area contributed by atoms with Crippen molar-refractivity contribution < 1.29 is 9.59 Å². The summed E-state index contributed by atoms with van der Waals surface area (Å²) in [5.74, 6) is 1.37. The summed E-state index contributed by atoms with van der Waals surface area (Å²) in [7, 11) is 0. The Morgan fingerprint density at radius 2 is 1.63 bits per heavy atom. The van der Waals surface area contributed by atoms with Crippen molar-refractivity contribution in [2.75, 3.05) is 0 Å². The molecule has 1 fully saturated rings. The number of carbonyl (C=O) groups excluding carboxylic acids is 2. The Labute approximate surface area is 111 Å². The number of hydrogen-bond donors (Lipinski definition) is 0. The average Bonchev–Trinajstić information content (AvgIpc) is 3.10. The fourth-order valence-corrected chi connectivity index (χ4v) is 3.65. The van der Waals surface area contributed by atoms with Crippen LogP contribution in [0.5, 0.6) is 0 Å². The number of ketones is 2. The van der Waals surface area contributed by atoms with E-state index in [0.29, 0.717) is 34.5 Å². The van der Waals surface area contributed by atoms with Crippen molar-refractivity contribution in [2.24, 2.45) is 17.8 Å². The SMILES string of the molecule is O=C1C(=C[C@H]2C[C@@H]3C=C[C@H]2C3)C(=O)c2ccccc21. The van der Waals surface area contributed by atoms with E-state index in [1.807, 2.05) is 18.2 Å². The Hall–Kier alpha value is -1.96. The molecule has 2 bridgehead atoms. The van der Waals surface area contributed by atoms with E-state index in [1.165, 1.54) is 6.42 Å². The van der Waals surface area contributed by atoms with Gasteiger partial charge in [-0.1, -0.05) is 42.5 Å². The lowest BCUT2D eigenvalue weighted by Crippen LogP contribution is -2.09. The lowest BCUT2D eigenvalue weighted by Gasteiger charge is -2.13. The fourth-order valence-electron chi connectivity index (χ4n) is 3.65. The molecule has 0 N–H and O–H groups in total. The van der Waals surface area contributed by atoms with Crippen molar-refractivity contribution in [1.82, 2.24) is 0 Å². The highest BCUT2D eigenvalue weighted by atomic mass is 16.2. The van der Waals surface area contributed by atoms with Crippen LogP contribution in [0.4, 0.5) is 0 Å². The molecule has 1 saturated carbocycles. The zero-order valence-electron chi connectivity index (χ0n) is 10.5. The largest absolute Gasteiger partial charge is 0.288 e. The summed E-state index contributed by atoms with van der Waals surface area (Å²) in [5, 5.41) is 0. The van der Waals surface area contributed by atoms with Gasteiger partial charge in [0.15, 0.2) is 11.6 Å². The maximum Gasteiger partial charge on any atom is 0.197 e. The van der Waals surface area contributed by atoms with Gasteiger partial charge in [-0.15, -0.1) is 0 Å². The molecular formula is C17H14O2. The molecule has 0 spiro atoms. The second-order valence-electron chi connectivity index (χ2n) is 5.73. The molecule has 1 aromatic rings. The van der Waals surface area contributed by atoms with Crippen molar-refractivity contribution in [3.63, 3.8) is 0 Å². The molecule has 2 nitrogen and oxygen atoms in total. The fraction of sp³-hybridized carbons (Fsp3) is 0.294. The summed E-state index contributed by atoms with van der Waals surface area (Å²) in [6, 6.07) is 7.12. The topological polar surface area (TPSA) is 34.1 Å². The lowest BCUT2D eigenvalue weighted by atomic mass is 9.90. The predicted molar refractivity (Wildman–Crippen MR) is 72.0 cm³/mol. The Bertz CT molecular complexity index is 614. The van der Waals surface area contributed by atoms with Crippen LogP contribution in [0.1, 0.15) is 33.6 Å². The minimum Gasteiger partial charge on any atom is -0.288 e. The first-order chi connectivity index (χ1) is 9.24. The van der Waals surface area contributed by atoms with E-state index in [0.717, 1.165) is 6.42 Å². The first kappa shape index (κ1) is 10.9. The van der Waals surface area contributed by atoms with Crippen LogP contribution >= 0.6 is 0 Å². The van der Waals surface area contributed by atoms with Gasteiger partial charge in [-0.2, -0.15) is 0 Å². The van der Waals surface area contributed by atoms with Crippen molar-refractivity contribution in [3.8, 4) is 0 Å². The molecule has 2 heteroatoms. The molecule has 0 radical (unpaired) electrons. The number of hydrogen-bond acceptors (Lipinski definition) is 2. The summed E-state index contributed by atoms with van der Waals surface area (Å²) in [5.41, 5.74) is 1.53. The van der Waals surface area contributed by atoms with E-state index in [9.17, 15) is 9.59 Å². The summed E-state index contributed by atoms with van der Waals surface area (Å²) in [6.07, 6.45) is 8.73. The lowest BCUT2D eigenvalue weighted by molar-refractivity contribution is 0.0987. The molecule has 0 aromatic heterocycles. The van der Waals surface area contributed by atoms with Crippen molar-refractivity contribution >= 4 is 11.6 Å². The van der Waals surface area contributed by atoms with Gasteiger partial charge in [-0.3, -0.25) is 9.59 Å². The van der Waals surface area contributed by atoms with Gasteiger partial charge in [0.1, 0.15) is 0 Å². The maximum atomic E-state index is 12.3. The van der Waals surface area contributed by atoms with Gasteiger partial charge >= 0.3 is 0 Å². The van der Waals surface area contributed by atoms with Gasteiger partial charge in [0, 0.05) is 11.1 Å². The minimum absolute atomic E-state index is 0.0904. The quantitative estimate of drug-likeness (QED) is 0.436. The third-order valence-electron chi connectivity index (χ3n) is 4.62. The maximum absolute atomic E-state index is 12.3. The van der Waals surface area contributed by atoms with Crippen LogP contribution in [0.3, 0.4) is 0 Å². The number of rotatable bonds is 1. The highest BCUT2D eigenvalue weighted by molar-refractivity contribution is 6.39. The van der Waals surface area contributed by atoms with E-state index in [4.69, 9.17) is 0 Å². The van der Waals surface area contributed by atoms with Crippen LogP contribution < -0.4 is 0 Å². The summed E-state index contributed by atoms with van der Waals surface area (Å²) < 4.78 is 0. The second-order valence-corrected chi connectivity index (χ2v) is 5.73. The summed E-state index contributed by atoms with van der Waals surface area (Å²) in [4.78, 5) is 24.6. The molecule has 0 saturated heterocycles. The van der Waals surface area contributed by atoms with E-state index in [2.05, 4.69) is 12.2 Å². The Morgan fingerprint density at radius 3 is 2.16 bits per heavy atom. The highest BCUT2D eigenvalue weighted by Gasteiger charge is 2.38. The molecule has 0 unspecified atom stereocenters. The standard InChI is InChI=1S/C17H14O2/c18-16-13-3-1-2-4-14(13)17(19)15(16)9-12-8-10-5-6-11(12)7-10/h1-6,9-12H,7-8H2/t10-,11+,12-/m1/s1. The predicted octanol–water partition coefficient (Wildman–Crippen LogP) is 3.20. The number of allylic oxidation sites excluding steroid dienone is 4. The zero-order valence-corrected chi connectivity index (χ0v) is 10.5. The molecule has 3 aliphatic rings. The molecule has 19 heavy (non-hydrogen) atoms. The monoisotopic (exact) mass is 250 g/mol. The van der Waals surface area contributed by atoms with Gasteiger partial charge in [0.25, 0.3) is 0 Å². The van der Waals surface area contributed by atoms with Gasteiger partial charge in [-0.25, -0.2) is 0 Å². The first-order valence-corrected chi connectivity index (χ1v) is 6.82. The highest BCUT2D eigenvalue weighted by Crippen LogP contribution is 2.45. The number of carbonyl (C=O) groups is 2. The zero-order chi connectivity index (χ0) is 13.0. The Morgan fingerprint density at radius 1 is 0.947 bits per heavy atom. The molecule has 94 valence electrons. The normalized spacial score (nSPS) is 31.2. The van der Waals surface area contributed by atoms with E-state index >= 15 is 0 Å². The van der Waals surface area contributed by atoms with Crippen LogP contribution in [0.15, 0.2) is 48.1 Å². The van der Waals surface area contributed by atoms with Gasteiger partial charge < -0.3 is 0 Å². The molecule has 0 amide bonds. The number of Topliss-reactive ketones (excluding diaryl/α,β-unsaturated/α-hetero) is 2. The van der Waals surface area contributed by atoms with Crippen LogP contribution in [-0.4, -0.2) is 11.6 Å². The van der Waals surface area contributed by atoms with E-state index < -0.39 is 0 Å². The molecule has 4 rings (SSSR count). The molecule has 3 atom stereocenters. The molecule has 0 aliphatic heterocycles. The third-order valence-corrected chi connectivity index (χ3v) is 4.62. The molecule has 1 aromatic carbocycles. The van der Waals surface area contributed by atoms with Gasteiger partial charge in [0.05, 0.1) is 5.57 Å². The number of fused-ring (bicyclic) bond motifs is 3. The molecular weight excluding hydrogens is 236 g/mol. The van der Waals surface area contributed by atoms with Gasteiger partial charge in [-0.05, 0) is 30.6 Å². The van der Waals surface area contributed by atoms with Crippen molar-refractivity contribution in [3.05, 3.63) is 59.2 Å². The van der Waals surface area contributed by atoms with Crippen LogP contribution in [0.25, 0.3) is 0 Å². The van der Waals surface area contributed by atoms with Crippen LogP contribution in [0, 0.1) is 17.8 Å². The van der Waals surface area contributed by atoms with Crippen molar-refractivity contribution in [2.45, 2.75) is 12.8 Å². The smallest absolute Gasteiger partial charge is 0.197 e. The third kappa shape index (κ3) is 1.49. The molecule has 0 heterocycles. The average molecular weight is 250 g/mol. The Balaban J connectivity index is 1.73. The molecule has 3 aliphatic carbocycles. The second kappa shape index (κ2) is 3.77. The summed E-state index contributed by atoms with van der Waals surface area (Å²) in [6.45, 7) is 0. The van der Waals surface area contributed by atoms with Crippen molar-refractivity contribution in [1.29, 1.82) is 0 Å². The van der Waals surface area contributed by atoms with Crippen LogP contribution in [0.2, 0.25) is 0 Å². The summed E-state index contributed by atoms with van der Waals surface area (Å²) >= 11 is 0. The van der Waals surface area contributed by atoms with E-state index in [1.54, 1.807) is 12.1 Å². The van der Waals surface area contributed by atoms with Gasteiger partial charge in [0.2, 0.25) is 0 Å². The minimum atomic E-state index is -0.0904. The Kier molecular flexibility index (Phi) is 2.16. The van der Waals surface area contributed by atoms with Crippen LogP contribution in [-0.2, 0) is 0 Å².